The largest absolute Gasteiger partial charge is 0.477 e. The van der Waals surface area contributed by atoms with Gasteiger partial charge in [0, 0.05) is 28.8 Å². The number of carboxylic acids is 1. The van der Waals surface area contributed by atoms with Gasteiger partial charge in [-0.15, -0.1) is 0 Å². The zero-order chi connectivity index (χ0) is 32.0. The predicted molar refractivity (Wildman–Crippen MR) is 184 cm³/mol. The van der Waals surface area contributed by atoms with E-state index in [1.54, 1.807) is 0 Å². The standard InChI is InChI=1S/C41H31FN2O3/c1-22-37(35(42)21-44-39(22)33(24-10-11-24)20-34(40(44)45)41(46)47)38-30-9-5-3-7-25(30)19-36(43-38)27-14-15-29-26(18-27)13-17-31-28-8-4-2-6-23(28)12-16-32(29)31/h2-9,12-13,16-17,19-21,24,27H,10-11,14-15,18H2,1H3,(H,46,47). The van der Waals surface area contributed by atoms with Crippen LogP contribution in [0.15, 0.2) is 95.9 Å². The fraction of sp³-hybridized carbons (Fsp3) is 0.195. The number of carboxylic acid groups (broad SMARTS) is 1. The Kier molecular flexibility index (Phi) is 6.13. The Morgan fingerprint density at radius 3 is 2.38 bits per heavy atom. The molecule has 3 aromatic heterocycles. The lowest BCUT2D eigenvalue weighted by molar-refractivity contribution is 0.0694. The molecule has 0 radical (unpaired) electrons. The van der Waals surface area contributed by atoms with Gasteiger partial charge in [0.15, 0.2) is 0 Å². The summed E-state index contributed by atoms with van der Waals surface area (Å²) in [4.78, 5) is 30.4. The van der Waals surface area contributed by atoms with Gasteiger partial charge >= 0.3 is 5.97 Å². The van der Waals surface area contributed by atoms with E-state index in [-0.39, 0.29) is 17.4 Å². The maximum absolute atomic E-state index is 16.3. The number of fused-ring (bicyclic) bond motifs is 7. The van der Waals surface area contributed by atoms with Crippen molar-refractivity contribution in [3.05, 3.63) is 141 Å². The summed E-state index contributed by atoms with van der Waals surface area (Å²) in [6.07, 6.45) is 5.69. The molecule has 5 nitrogen and oxygen atoms in total. The van der Waals surface area contributed by atoms with Crippen molar-refractivity contribution in [3.8, 4) is 11.3 Å². The zero-order valence-corrected chi connectivity index (χ0v) is 25.9. The van der Waals surface area contributed by atoms with Crippen molar-refractivity contribution in [1.29, 1.82) is 0 Å². The van der Waals surface area contributed by atoms with E-state index >= 15 is 4.39 Å². The maximum atomic E-state index is 16.3. The van der Waals surface area contributed by atoms with Crippen LogP contribution in [-0.2, 0) is 12.8 Å². The van der Waals surface area contributed by atoms with Gasteiger partial charge in [0.2, 0.25) is 0 Å². The van der Waals surface area contributed by atoms with Gasteiger partial charge in [-0.05, 0) is 106 Å². The van der Waals surface area contributed by atoms with E-state index < -0.39 is 17.3 Å². The first-order valence-electron chi connectivity index (χ1n) is 16.3. The molecule has 1 N–H and O–H groups in total. The van der Waals surface area contributed by atoms with Gasteiger partial charge in [0.25, 0.3) is 5.56 Å². The second-order valence-electron chi connectivity index (χ2n) is 13.2. The summed E-state index contributed by atoms with van der Waals surface area (Å²) in [7, 11) is 0. The lowest BCUT2D eigenvalue weighted by atomic mass is 9.79. The average Bonchev–Trinajstić information content (AvgIpc) is 3.93. The number of carbonyl (C=O) groups is 1. The summed E-state index contributed by atoms with van der Waals surface area (Å²) >= 11 is 0. The number of halogens is 1. The molecular formula is C41H31FN2O3. The van der Waals surface area contributed by atoms with E-state index in [0.29, 0.717) is 22.3 Å². The van der Waals surface area contributed by atoms with Crippen LogP contribution in [0.3, 0.4) is 0 Å². The smallest absolute Gasteiger partial charge is 0.341 e. The first kappa shape index (κ1) is 27.9. The van der Waals surface area contributed by atoms with Gasteiger partial charge in [0.1, 0.15) is 11.4 Å². The van der Waals surface area contributed by atoms with Gasteiger partial charge < -0.3 is 5.11 Å². The molecule has 4 aromatic carbocycles. The van der Waals surface area contributed by atoms with Crippen molar-refractivity contribution in [1.82, 2.24) is 9.38 Å². The molecule has 1 fully saturated rings. The Balaban J connectivity index is 1.20. The van der Waals surface area contributed by atoms with Gasteiger partial charge in [0.05, 0.1) is 11.2 Å². The van der Waals surface area contributed by atoms with Crippen molar-refractivity contribution < 1.29 is 14.3 Å². The van der Waals surface area contributed by atoms with Crippen LogP contribution < -0.4 is 5.56 Å². The number of aromatic nitrogens is 2. The molecule has 0 bridgehead atoms. The number of nitrogens with zero attached hydrogens (tertiary/aromatic N) is 2. The highest BCUT2D eigenvalue weighted by molar-refractivity contribution is 6.08. The van der Waals surface area contributed by atoms with E-state index in [4.69, 9.17) is 4.98 Å². The number of hydrogen-bond donors (Lipinski definition) is 1. The van der Waals surface area contributed by atoms with Crippen LogP contribution in [0.2, 0.25) is 0 Å². The third-order valence-electron chi connectivity index (χ3n) is 10.5. The lowest BCUT2D eigenvalue weighted by Gasteiger charge is -2.27. The SMILES string of the molecule is Cc1c(-c2nc(C3CCc4c(ccc5c4ccc4ccccc45)C3)cc3ccccc23)c(F)cn2c(=O)c(C(=O)O)cc(C3CC3)c12. The molecule has 230 valence electrons. The number of pyridine rings is 3. The molecule has 2 aliphatic rings. The zero-order valence-electron chi connectivity index (χ0n) is 25.9. The lowest BCUT2D eigenvalue weighted by Crippen LogP contribution is -2.24. The molecule has 3 heterocycles. The number of hydrogen-bond acceptors (Lipinski definition) is 3. The van der Waals surface area contributed by atoms with Crippen molar-refractivity contribution in [3.63, 3.8) is 0 Å². The van der Waals surface area contributed by atoms with Crippen LogP contribution in [-0.4, -0.2) is 20.5 Å². The van der Waals surface area contributed by atoms with E-state index in [9.17, 15) is 14.7 Å². The maximum Gasteiger partial charge on any atom is 0.341 e. The van der Waals surface area contributed by atoms with E-state index in [0.717, 1.165) is 60.3 Å². The number of rotatable bonds is 4. The summed E-state index contributed by atoms with van der Waals surface area (Å²) in [6, 6.07) is 29.1. The molecule has 1 saturated carbocycles. The summed E-state index contributed by atoms with van der Waals surface area (Å²) in [5.74, 6) is -1.59. The molecule has 7 aromatic rings. The highest BCUT2D eigenvalue weighted by Gasteiger charge is 2.31. The Hall–Kier alpha value is -5.36. The second-order valence-corrected chi connectivity index (χ2v) is 13.2. The normalized spacial score (nSPS) is 16.3. The summed E-state index contributed by atoms with van der Waals surface area (Å²) < 4.78 is 17.5. The molecule has 0 saturated heterocycles. The Labute approximate surface area is 269 Å². The third-order valence-corrected chi connectivity index (χ3v) is 10.5. The Bertz CT molecular complexity index is 2550. The molecule has 1 unspecified atom stereocenters. The molecule has 9 rings (SSSR count). The monoisotopic (exact) mass is 618 g/mol. The van der Waals surface area contributed by atoms with Crippen LogP contribution in [0.4, 0.5) is 4.39 Å². The minimum atomic E-state index is -1.30. The van der Waals surface area contributed by atoms with Crippen LogP contribution in [0.25, 0.3) is 49.1 Å². The number of benzene rings is 4. The van der Waals surface area contributed by atoms with Gasteiger partial charge in [-0.3, -0.25) is 14.2 Å². The average molecular weight is 619 g/mol. The van der Waals surface area contributed by atoms with E-state index in [1.807, 2.05) is 31.2 Å². The van der Waals surface area contributed by atoms with Crippen LogP contribution in [0.1, 0.15) is 69.4 Å². The highest BCUT2D eigenvalue weighted by Crippen LogP contribution is 2.45. The fourth-order valence-corrected chi connectivity index (χ4v) is 8.04. The molecular weight excluding hydrogens is 587 g/mol. The fourth-order valence-electron chi connectivity index (χ4n) is 8.04. The predicted octanol–water partition coefficient (Wildman–Crippen LogP) is 9.12. The quantitative estimate of drug-likeness (QED) is 0.200. The molecule has 6 heteroatoms. The minimum absolute atomic E-state index is 0.146. The third kappa shape index (κ3) is 4.31. The summed E-state index contributed by atoms with van der Waals surface area (Å²) in [6.45, 7) is 1.83. The van der Waals surface area contributed by atoms with E-state index in [1.165, 1.54) is 43.1 Å². The topological polar surface area (TPSA) is 71.7 Å². The van der Waals surface area contributed by atoms with Gasteiger partial charge in [-0.2, -0.15) is 0 Å². The molecule has 47 heavy (non-hydrogen) atoms. The van der Waals surface area contributed by atoms with Crippen molar-refractivity contribution >= 4 is 43.8 Å². The summed E-state index contributed by atoms with van der Waals surface area (Å²) in [5, 5.41) is 16.7. The molecule has 2 aliphatic carbocycles. The Morgan fingerprint density at radius 2 is 1.60 bits per heavy atom. The van der Waals surface area contributed by atoms with Crippen LogP contribution in [0, 0.1) is 12.7 Å². The first-order chi connectivity index (χ1) is 22.9. The number of aryl methyl sites for hydroxylation is 2. The van der Waals surface area contributed by atoms with Gasteiger partial charge in [-0.1, -0.05) is 72.8 Å². The number of aromatic carboxylic acids is 1. The minimum Gasteiger partial charge on any atom is -0.477 e. The van der Waals surface area contributed by atoms with Crippen molar-refractivity contribution in [2.24, 2.45) is 0 Å². The van der Waals surface area contributed by atoms with Crippen LogP contribution >= 0.6 is 0 Å². The van der Waals surface area contributed by atoms with Crippen molar-refractivity contribution in [2.75, 3.05) is 0 Å². The van der Waals surface area contributed by atoms with E-state index in [2.05, 4.69) is 54.6 Å². The molecule has 1 atom stereocenters. The molecule has 0 spiro atoms. The summed E-state index contributed by atoms with van der Waals surface area (Å²) in [5.41, 5.74) is 5.50. The first-order valence-corrected chi connectivity index (χ1v) is 16.3. The highest BCUT2D eigenvalue weighted by atomic mass is 19.1. The molecule has 0 aliphatic heterocycles. The van der Waals surface area contributed by atoms with Crippen molar-refractivity contribution in [2.45, 2.75) is 50.9 Å². The molecule has 0 amide bonds. The van der Waals surface area contributed by atoms with Crippen LogP contribution in [0.5, 0.6) is 0 Å². The van der Waals surface area contributed by atoms with Gasteiger partial charge in [-0.25, -0.2) is 9.18 Å². The Morgan fingerprint density at radius 1 is 0.851 bits per heavy atom. The second kappa shape index (κ2) is 10.3.